The van der Waals surface area contributed by atoms with Gasteiger partial charge in [0.15, 0.2) is 23.1 Å². The minimum atomic E-state index is -0.557. The van der Waals surface area contributed by atoms with Crippen molar-refractivity contribution in [1.29, 1.82) is 0 Å². The summed E-state index contributed by atoms with van der Waals surface area (Å²) in [6, 6.07) is 19.1. The number of ether oxygens (including phenoxy) is 5. The normalized spacial score (nSPS) is 12.2. The second-order valence-corrected chi connectivity index (χ2v) is 11.2. The van der Waals surface area contributed by atoms with Crippen LogP contribution < -0.4 is 29.2 Å². The second-order valence-electron chi connectivity index (χ2n) is 11.2. The predicted octanol–water partition coefficient (Wildman–Crippen LogP) is 6.61. The molecule has 0 radical (unpaired) electrons. The van der Waals surface area contributed by atoms with E-state index in [1.807, 2.05) is 25.1 Å². The van der Waals surface area contributed by atoms with E-state index in [2.05, 4.69) is 18.9 Å². The van der Waals surface area contributed by atoms with Crippen LogP contribution in [0.25, 0.3) is 22.3 Å². The van der Waals surface area contributed by atoms with Crippen LogP contribution in [-0.2, 0) is 6.61 Å². The summed E-state index contributed by atoms with van der Waals surface area (Å²) in [5.41, 5.74) is 3.30. The zero-order valence-electron chi connectivity index (χ0n) is 26.5. The molecule has 0 unspecified atom stereocenters. The minimum Gasteiger partial charge on any atom is -0.496 e. The van der Waals surface area contributed by atoms with E-state index in [0.29, 0.717) is 39.4 Å². The molecule has 0 amide bonds. The number of benzene rings is 4. The van der Waals surface area contributed by atoms with Crippen LogP contribution in [-0.4, -0.2) is 41.8 Å². The summed E-state index contributed by atoms with van der Waals surface area (Å²) in [6.07, 6.45) is 1.36. The number of nitro benzene ring substituents is 1. The van der Waals surface area contributed by atoms with E-state index in [-0.39, 0.29) is 36.5 Å². The molecule has 0 spiro atoms. The fraction of sp³-hybridized carbons (Fsp3) is 0.229. The van der Waals surface area contributed by atoms with Crippen LogP contribution in [0.1, 0.15) is 42.0 Å². The molecule has 1 aliphatic rings. The second kappa shape index (κ2) is 12.8. The number of hydrogen-bond acceptors (Lipinski definition) is 10. The molecular weight excluding hydrogens is 604 g/mol. The molecule has 1 aromatic heterocycles. The van der Waals surface area contributed by atoms with Gasteiger partial charge >= 0.3 is 5.69 Å². The van der Waals surface area contributed by atoms with Crippen molar-refractivity contribution >= 4 is 22.8 Å². The molecule has 4 aromatic carbocycles. The Labute approximate surface area is 269 Å². The summed E-state index contributed by atoms with van der Waals surface area (Å²) in [5, 5.41) is 17.1. The zero-order valence-corrected chi connectivity index (χ0v) is 26.5. The molecule has 0 bridgehead atoms. The van der Waals surface area contributed by atoms with Gasteiger partial charge in [0.2, 0.25) is 12.5 Å². The Morgan fingerprint density at radius 3 is 2.53 bits per heavy atom. The predicted molar refractivity (Wildman–Crippen MR) is 176 cm³/mol. The number of para-hydroxylation sites is 1. The van der Waals surface area contributed by atoms with Gasteiger partial charge in [0.1, 0.15) is 12.4 Å². The molecule has 0 aliphatic carbocycles. The fourth-order valence-electron chi connectivity index (χ4n) is 5.40. The van der Waals surface area contributed by atoms with Crippen molar-refractivity contribution in [1.82, 2.24) is 9.66 Å². The topological polar surface area (TPSA) is 137 Å². The van der Waals surface area contributed by atoms with Gasteiger partial charge in [-0.15, -0.1) is 0 Å². The lowest BCUT2D eigenvalue weighted by atomic mass is 9.96. The van der Waals surface area contributed by atoms with Crippen LogP contribution in [0.4, 0.5) is 5.69 Å². The number of nitro groups is 1. The highest BCUT2D eigenvalue weighted by atomic mass is 16.7. The number of aryl methyl sites for hydroxylation is 1. The van der Waals surface area contributed by atoms with Gasteiger partial charge in [-0.2, -0.15) is 9.78 Å². The van der Waals surface area contributed by atoms with Gasteiger partial charge < -0.3 is 23.7 Å². The first-order valence-corrected chi connectivity index (χ1v) is 14.8. The van der Waals surface area contributed by atoms with E-state index in [1.165, 1.54) is 24.1 Å². The number of aromatic nitrogens is 2. The molecule has 0 saturated carbocycles. The van der Waals surface area contributed by atoms with Crippen LogP contribution in [0.15, 0.2) is 76.6 Å². The van der Waals surface area contributed by atoms with E-state index in [0.717, 1.165) is 22.4 Å². The first kappa shape index (κ1) is 31.1. The largest absolute Gasteiger partial charge is 0.496 e. The lowest BCUT2D eigenvalue weighted by Crippen LogP contribution is -2.21. The average molecular weight is 637 g/mol. The van der Waals surface area contributed by atoms with Crippen molar-refractivity contribution in [2.24, 2.45) is 5.10 Å². The molecule has 1 aliphatic heterocycles. The van der Waals surface area contributed by atoms with Gasteiger partial charge in [0.05, 0.1) is 36.3 Å². The number of methoxy groups -OCH3 is 2. The molecule has 12 nitrogen and oxygen atoms in total. The third kappa shape index (κ3) is 6.05. The number of rotatable bonds is 10. The van der Waals surface area contributed by atoms with Crippen molar-refractivity contribution in [2.75, 3.05) is 21.0 Å². The number of hydrogen-bond donors (Lipinski definition) is 0. The smallest absolute Gasteiger partial charge is 0.315 e. The molecule has 0 saturated heterocycles. The summed E-state index contributed by atoms with van der Waals surface area (Å²) >= 11 is 0. The fourth-order valence-corrected chi connectivity index (χ4v) is 5.40. The van der Waals surface area contributed by atoms with E-state index in [4.69, 9.17) is 28.7 Å². The summed E-state index contributed by atoms with van der Waals surface area (Å²) < 4.78 is 29.0. The average Bonchev–Trinajstić information content (AvgIpc) is 3.54. The van der Waals surface area contributed by atoms with Crippen molar-refractivity contribution < 1.29 is 28.6 Å². The quantitative estimate of drug-likeness (QED) is 0.0942. The summed E-state index contributed by atoms with van der Waals surface area (Å²) in [4.78, 5) is 30.4. The molecular formula is C35H32N4O8. The molecule has 47 heavy (non-hydrogen) atoms. The first-order valence-electron chi connectivity index (χ1n) is 14.8. The maximum absolute atomic E-state index is 13.9. The Morgan fingerprint density at radius 2 is 1.79 bits per heavy atom. The van der Waals surface area contributed by atoms with E-state index in [1.54, 1.807) is 49.6 Å². The van der Waals surface area contributed by atoms with E-state index < -0.39 is 10.5 Å². The van der Waals surface area contributed by atoms with Crippen molar-refractivity contribution in [2.45, 2.75) is 33.3 Å². The van der Waals surface area contributed by atoms with E-state index >= 15 is 0 Å². The highest BCUT2D eigenvalue weighted by Crippen LogP contribution is 2.40. The molecule has 0 N–H and O–H groups in total. The SMILES string of the molecule is COc1cc(C)c(-c2nc3ccccc3c(=O)n2N=Cc2cc(OC)c(OCc3ccc4c(c3)OCO4)c([N+](=O)[O-])c2)cc1C(C)C. The van der Waals surface area contributed by atoms with E-state index in [9.17, 15) is 14.9 Å². The molecule has 5 aromatic rings. The maximum atomic E-state index is 13.9. The molecule has 12 heteroatoms. The minimum absolute atomic E-state index is 0.0162. The molecule has 0 atom stereocenters. The van der Waals surface area contributed by atoms with Crippen molar-refractivity contribution in [3.63, 3.8) is 0 Å². The standard InChI is InChI=1S/C35H32N4O8/c1-20(2)25-16-26(21(3)12-30(25)43-4)34-37-27-9-7-6-8-24(27)35(40)38(34)36-17-23-13-28(39(41)42)33(32(15-23)44-5)45-18-22-10-11-29-31(14-22)47-19-46-29/h6-17,20H,18-19H2,1-5H3. The third-order valence-electron chi connectivity index (χ3n) is 7.81. The number of nitrogens with zero attached hydrogens (tertiary/aromatic N) is 4. The Balaban J connectivity index is 1.43. The van der Waals surface area contributed by atoms with Crippen molar-refractivity contribution in [3.8, 4) is 40.1 Å². The van der Waals surface area contributed by atoms with Gasteiger partial charge in [-0.05, 0) is 72.0 Å². The van der Waals surface area contributed by atoms with Crippen LogP contribution in [0.3, 0.4) is 0 Å². The lowest BCUT2D eigenvalue weighted by molar-refractivity contribution is -0.386. The van der Waals surface area contributed by atoms with Crippen LogP contribution in [0.2, 0.25) is 0 Å². The van der Waals surface area contributed by atoms with Gasteiger partial charge in [-0.3, -0.25) is 14.9 Å². The first-order chi connectivity index (χ1) is 22.7. The zero-order chi connectivity index (χ0) is 33.2. The lowest BCUT2D eigenvalue weighted by Gasteiger charge is -2.17. The van der Waals surface area contributed by atoms with Crippen LogP contribution >= 0.6 is 0 Å². The molecule has 6 rings (SSSR count). The Morgan fingerprint density at radius 1 is 1.02 bits per heavy atom. The van der Waals surface area contributed by atoms with Crippen LogP contribution in [0, 0.1) is 17.0 Å². The summed E-state index contributed by atoms with van der Waals surface area (Å²) in [5.74, 6) is 2.45. The van der Waals surface area contributed by atoms with Gasteiger partial charge in [0.25, 0.3) is 5.56 Å². The summed E-state index contributed by atoms with van der Waals surface area (Å²) in [6.45, 7) is 6.16. The molecule has 2 heterocycles. The summed E-state index contributed by atoms with van der Waals surface area (Å²) in [7, 11) is 3.01. The Bertz CT molecular complexity index is 2100. The van der Waals surface area contributed by atoms with Gasteiger partial charge in [0, 0.05) is 17.2 Å². The maximum Gasteiger partial charge on any atom is 0.315 e. The molecule has 0 fully saturated rings. The third-order valence-corrected chi connectivity index (χ3v) is 7.81. The van der Waals surface area contributed by atoms with Crippen LogP contribution in [0.5, 0.6) is 28.7 Å². The molecule has 240 valence electrons. The highest BCUT2D eigenvalue weighted by Gasteiger charge is 2.24. The van der Waals surface area contributed by atoms with Gasteiger partial charge in [-0.1, -0.05) is 32.0 Å². The van der Waals surface area contributed by atoms with Gasteiger partial charge in [-0.25, -0.2) is 4.98 Å². The number of fused-ring (bicyclic) bond motifs is 2. The monoisotopic (exact) mass is 636 g/mol. The Kier molecular flexibility index (Phi) is 8.49. The van der Waals surface area contributed by atoms with Crippen molar-refractivity contribution in [3.05, 3.63) is 109 Å². The Hall–Kier alpha value is -5.91. The highest BCUT2D eigenvalue weighted by molar-refractivity contribution is 5.84.